The van der Waals surface area contributed by atoms with Crippen molar-refractivity contribution in [3.8, 4) is 5.75 Å². The molecule has 1 aromatic rings. The van der Waals surface area contributed by atoms with E-state index in [4.69, 9.17) is 4.74 Å². The number of nitrogens with one attached hydrogen (secondary N) is 2. The summed E-state index contributed by atoms with van der Waals surface area (Å²) in [7, 11) is 3.56. The highest BCUT2D eigenvalue weighted by Crippen LogP contribution is 2.21. The summed E-state index contributed by atoms with van der Waals surface area (Å²) in [6, 6.07) is 8.90. The van der Waals surface area contributed by atoms with Crippen LogP contribution in [0.4, 0.5) is 0 Å². The summed E-state index contributed by atoms with van der Waals surface area (Å²) in [4.78, 5) is 6.99. The Kier molecular flexibility index (Phi) is 8.92. The average Bonchev–Trinajstić information content (AvgIpc) is 2.68. The first kappa shape index (κ1) is 21.5. The number of nitrogens with zero attached hydrogens (tertiary/aromatic N) is 2. The number of piperidine rings is 1. The average molecular weight is 375 g/mol. The molecule has 0 aromatic heterocycles. The lowest BCUT2D eigenvalue weighted by Gasteiger charge is -2.34. The van der Waals surface area contributed by atoms with E-state index < -0.39 is 0 Å². The van der Waals surface area contributed by atoms with Gasteiger partial charge in [0.25, 0.3) is 0 Å². The predicted molar refractivity (Wildman–Crippen MR) is 115 cm³/mol. The van der Waals surface area contributed by atoms with E-state index in [1.807, 2.05) is 19.2 Å². The quantitative estimate of drug-likeness (QED) is 0.540. The molecule has 1 aromatic carbocycles. The highest BCUT2D eigenvalue weighted by molar-refractivity contribution is 5.79. The van der Waals surface area contributed by atoms with Crippen molar-refractivity contribution in [2.24, 2.45) is 10.9 Å². The van der Waals surface area contributed by atoms with Crippen LogP contribution in [0, 0.1) is 5.92 Å². The fourth-order valence-electron chi connectivity index (χ4n) is 3.67. The molecule has 5 heteroatoms. The Balaban J connectivity index is 1.69. The van der Waals surface area contributed by atoms with Crippen molar-refractivity contribution >= 4 is 5.96 Å². The van der Waals surface area contributed by atoms with E-state index in [1.54, 1.807) is 7.11 Å². The number of likely N-dealkylation sites (tertiary alicyclic amines) is 1. The summed E-state index contributed by atoms with van der Waals surface area (Å²) in [5.74, 6) is 3.09. The van der Waals surface area contributed by atoms with Gasteiger partial charge in [0.2, 0.25) is 0 Å². The van der Waals surface area contributed by atoms with Crippen LogP contribution in [0.5, 0.6) is 5.75 Å². The Hall–Kier alpha value is -1.75. The van der Waals surface area contributed by atoms with Gasteiger partial charge in [0, 0.05) is 39.3 Å². The standard InChI is InChI=1S/C22H38N4O/c1-17(2)16-26-14-11-20(12-15-26)25-22(23-4)24-13-10-18(3)19-6-8-21(27-5)9-7-19/h6-9,17-18,20H,10-16H2,1-5H3,(H2,23,24,25). The number of guanidine groups is 1. The van der Waals surface area contributed by atoms with Crippen molar-refractivity contribution in [3.63, 3.8) is 0 Å². The monoisotopic (exact) mass is 374 g/mol. The summed E-state index contributed by atoms with van der Waals surface area (Å²) in [5, 5.41) is 7.09. The number of rotatable bonds is 8. The fourth-order valence-corrected chi connectivity index (χ4v) is 3.67. The topological polar surface area (TPSA) is 48.9 Å². The molecule has 5 nitrogen and oxygen atoms in total. The molecule has 152 valence electrons. The van der Waals surface area contributed by atoms with Crippen molar-refractivity contribution in [1.29, 1.82) is 0 Å². The number of benzene rings is 1. The van der Waals surface area contributed by atoms with Gasteiger partial charge in [0.1, 0.15) is 5.75 Å². The summed E-state index contributed by atoms with van der Waals surface area (Å²) in [6.45, 7) is 11.3. The highest BCUT2D eigenvalue weighted by atomic mass is 16.5. The smallest absolute Gasteiger partial charge is 0.191 e. The van der Waals surface area contributed by atoms with Crippen LogP contribution in [0.1, 0.15) is 51.5 Å². The Labute approximate surface area is 165 Å². The minimum atomic E-state index is 0.501. The minimum absolute atomic E-state index is 0.501. The summed E-state index contributed by atoms with van der Waals surface area (Å²) < 4.78 is 5.23. The molecule has 0 bridgehead atoms. The third kappa shape index (κ3) is 7.41. The van der Waals surface area contributed by atoms with Crippen LogP contribution in [0.2, 0.25) is 0 Å². The molecule has 1 saturated heterocycles. The lowest BCUT2D eigenvalue weighted by molar-refractivity contribution is 0.187. The van der Waals surface area contributed by atoms with E-state index in [9.17, 15) is 0 Å². The zero-order valence-corrected chi connectivity index (χ0v) is 17.8. The van der Waals surface area contributed by atoms with Gasteiger partial charge in [-0.15, -0.1) is 0 Å². The zero-order valence-electron chi connectivity index (χ0n) is 17.8. The molecule has 0 spiro atoms. The Morgan fingerprint density at radius 1 is 1.19 bits per heavy atom. The first-order valence-electron chi connectivity index (χ1n) is 10.3. The normalized spacial score (nSPS) is 17.8. The Morgan fingerprint density at radius 3 is 2.41 bits per heavy atom. The van der Waals surface area contributed by atoms with Crippen LogP contribution in [-0.2, 0) is 0 Å². The molecule has 0 radical (unpaired) electrons. The van der Waals surface area contributed by atoms with Gasteiger partial charge < -0.3 is 20.3 Å². The lowest BCUT2D eigenvalue weighted by Crippen LogP contribution is -2.49. The second-order valence-corrected chi connectivity index (χ2v) is 8.07. The van der Waals surface area contributed by atoms with Crippen molar-refractivity contribution in [2.75, 3.05) is 40.3 Å². The predicted octanol–water partition coefficient (Wildman–Crippen LogP) is 3.47. The molecule has 1 unspecified atom stereocenters. The van der Waals surface area contributed by atoms with Gasteiger partial charge in [0.05, 0.1) is 7.11 Å². The minimum Gasteiger partial charge on any atom is -0.497 e. The van der Waals surface area contributed by atoms with Crippen molar-refractivity contribution in [2.45, 2.75) is 52.0 Å². The van der Waals surface area contributed by atoms with E-state index in [-0.39, 0.29) is 0 Å². The maximum absolute atomic E-state index is 5.23. The van der Waals surface area contributed by atoms with Gasteiger partial charge in [-0.25, -0.2) is 0 Å². The second-order valence-electron chi connectivity index (χ2n) is 8.07. The molecule has 1 aliphatic rings. The van der Waals surface area contributed by atoms with Crippen molar-refractivity contribution in [1.82, 2.24) is 15.5 Å². The van der Waals surface area contributed by atoms with Crippen LogP contribution in [0.15, 0.2) is 29.3 Å². The first-order valence-corrected chi connectivity index (χ1v) is 10.3. The Morgan fingerprint density at radius 2 is 1.85 bits per heavy atom. The maximum atomic E-state index is 5.23. The van der Waals surface area contributed by atoms with Gasteiger partial charge >= 0.3 is 0 Å². The molecular weight excluding hydrogens is 336 g/mol. The van der Waals surface area contributed by atoms with Crippen molar-refractivity contribution in [3.05, 3.63) is 29.8 Å². The lowest BCUT2D eigenvalue weighted by atomic mass is 9.98. The molecule has 0 saturated carbocycles. The Bertz CT molecular complexity index is 562. The third-order valence-corrected chi connectivity index (χ3v) is 5.33. The van der Waals surface area contributed by atoms with Crippen LogP contribution >= 0.6 is 0 Å². The van der Waals surface area contributed by atoms with Crippen LogP contribution in [-0.4, -0.2) is 57.2 Å². The van der Waals surface area contributed by atoms with Crippen molar-refractivity contribution < 1.29 is 4.74 Å². The SMILES string of the molecule is CN=C(NCCC(C)c1ccc(OC)cc1)NC1CCN(CC(C)C)CC1. The number of hydrogen-bond donors (Lipinski definition) is 2. The summed E-state index contributed by atoms with van der Waals surface area (Å²) in [6.07, 6.45) is 3.45. The molecule has 0 amide bonds. The summed E-state index contributed by atoms with van der Waals surface area (Å²) >= 11 is 0. The molecule has 27 heavy (non-hydrogen) atoms. The number of aliphatic imine (C=N–C) groups is 1. The van der Waals surface area contributed by atoms with Crippen LogP contribution in [0.3, 0.4) is 0 Å². The number of hydrogen-bond acceptors (Lipinski definition) is 3. The van der Waals surface area contributed by atoms with Gasteiger partial charge in [-0.3, -0.25) is 4.99 Å². The third-order valence-electron chi connectivity index (χ3n) is 5.33. The van der Waals surface area contributed by atoms with Crippen LogP contribution in [0.25, 0.3) is 0 Å². The molecular formula is C22H38N4O. The molecule has 2 N–H and O–H groups in total. The van der Waals surface area contributed by atoms with Crippen LogP contribution < -0.4 is 15.4 Å². The largest absolute Gasteiger partial charge is 0.497 e. The van der Waals surface area contributed by atoms with E-state index in [1.165, 1.54) is 38.0 Å². The molecule has 0 aliphatic carbocycles. The van der Waals surface area contributed by atoms with Gasteiger partial charge in [0.15, 0.2) is 5.96 Å². The summed E-state index contributed by atoms with van der Waals surface area (Å²) in [5.41, 5.74) is 1.35. The second kappa shape index (κ2) is 11.2. The molecule has 1 heterocycles. The zero-order chi connectivity index (χ0) is 19.6. The number of ether oxygens (including phenoxy) is 1. The van der Waals surface area contributed by atoms with E-state index >= 15 is 0 Å². The molecule has 2 rings (SSSR count). The molecule has 1 aliphatic heterocycles. The van der Waals surface area contributed by atoms with E-state index in [0.717, 1.165) is 30.6 Å². The van der Waals surface area contributed by atoms with E-state index in [2.05, 4.69) is 53.4 Å². The molecule has 1 fully saturated rings. The van der Waals surface area contributed by atoms with Gasteiger partial charge in [-0.2, -0.15) is 0 Å². The highest BCUT2D eigenvalue weighted by Gasteiger charge is 2.20. The molecule has 1 atom stereocenters. The maximum Gasteiger partial charge on any atom is 0.191 e. The van der Waals surface area contributed by atoms with E-state index in [0.29, 0.717) is 12.0 Å². The fraction of sp³-hybridized carbons (Fsp3) is 0.682. The van der Waals surface area contributed by atoms with Gasteiger partial charge in [-0.1, -0.05) is 32.9 Å². The first-order chi connectivity index (χ1) is 13.0. The number of methoxy groups -OCH3 is 1. The van der Waals surface area contributed by atoms with Gasteiger partial charge in [-0.05, 0) is 48.8 Å².